The van der Waals surface area contributed by atoms with Crippen molar-refractivity contribution in [3.8, 4) is 0 Å². The van der Waals surface area contributed by atoms with Gasteiger partial charge in [0.15, 0.2) is 5.96 Å². The number of benzene rings is 1. The molecule has 0 aromatic heterocycles. The van der Waals surface area contributed by atoms with E-state index in [1.165, 1.54) is 12.8 Å². The van der Waals surface area contributed by atoms with Gasteiger partial charge in [-0.1, -0.05) is 26.0 Å². The topological polar surface area (TPSA) is 83.0 Å². The van der Waals surface area contributed by atoms with Gasteiger partial charge < -0.3 is 15.0 Å². The lowest BCUT2D eigenvalue weighted by Crippen LogP contribution is -2.39. The Morgan fingerprint density at radius 2 is 2.03 bits per heavy atom. The molecule has 0 spiro atoms. The second-order valence-electron chi connectivity index (χ2n) is 8.76. The van der Waals surface area contributed by atoms with Crippen LogP contribution in [0.2, 0.25) is 0 Å². The maximum Gasteiger partial charge on any atom is 0.240 e. The first-order valence-corrected chi connectivity index (χ1v) is 12.5. The molecule has 1 aromatic rings. The average Bonchev–Trinajstić information content (AvgIpc) is 3.39. The van der Waals surface area contributed by atoms with E-state index in [4.69, 9.17) is 4.74 Å². The average molecular weight is 437 g/mol. The summed E-state index contributed by atoms with van der Waals surface area (Å²) >= 11 is 0. The van der Waals surface area contributed by atoms with Crippen LogP contribution in [-0.2, 0) is 21.3 Å². The summed E-state index contributed by atoms with van der Waals surface area (Å²) in [5.74, 6) is 2.37. The summed E-state index contributed by atoms with van der Waals surface area (Å²) < 4.78 is 33.1. The molecule has 2 atom stereocenters. The smallest absolute Gasteiger partial charge is 0.240 e. The Morgan fingerprint density at radius 3 is 2.67 bits per heavy atom. The van der Waals surface area contributed by atoms with E-state index in [0.29, 0.717) is 19.7 Å². The Labute approximate surface area is 181 Å². The molecule has 1 aromatic carbocycles. The number of hydrogen-bond acceptors (Lipinski definition) is 4. The Hall–Kier alpha value is -1.64. The van der Waals surface area contributed by atoms with Crippen molar-refractivity contribution in [2.45, 2.75) is 57.1 Å². The first-order chi connectivity index (χ1) is 14.4. The van der Waals surface area contributed by atoms with E-state index in [1.54, 1.807) is 12.1 Å². The predicted octanol–water partition coefficient (Wildman–Crippen LogP) is 2.59. The molecule has 2 fully saturated rings. The first kappa shape index (κ1) is 23.0. The molecular weight excluding hydrogens is 400 g/mol. The maximum atomic E-state index is 12.5. The third kappa shape index (κ3) is 6.43. The molecule has 8 heteroatoms. The zero-order valence-corrected chi connectivity index (χ0v) is 19.2. The highest BCUT2D eigenvalue weighted by Gasteiger charge is 2.25. The number of guanidine groups is 1. The number of rotatable bonds is 8. The quantitative estimate of drug-likeness (QED) is 0.483. The van der Waals surface area contributed by atoms with Crippen molar-refractivity contribution in [1.82, 2.24) is 14.9 Å². The zero-order chi connectivity index (χ0) is 21.6. The van der Waals surface area contributed by atoms with Crippen molar-refractivity contribution in [3.05, 3.63) is 29.8 Å². The van der Waals surface area contributed by atoms with Crippen LogP contribution < -0.4 is 10.0 Å². The van der Waals surface area contributed by atoms with Gasteiger partial charge in [0, 0.05) is 39.8 Å². The molecule has 2 N–H and O–H groups in total. The Morgan fingerprint density at radius 1 is 1.27 bits per heavy atom. The van der Waals surface area contributed by atoms with Crippen molar-refractivity contribution >= 4 is 16.0 Å². The van der Waals surface area contributed by atoms with Crippen LogP contribution in [-0.4, -0.2) is 58.7 Å². The SMILES string of the molecule is CN=C(NCc1ccc(S(=O)(=O)NCC2CCCO2)cc1)N1CCC(CC(C)C)C1. The fraction of sp³-hybridized carbons (Fsp3) is 0.682. The van der Waals surface area contributed by atoms with Crippen molar-refractivity contribution in [3.63, 3.8) is 0 Å². The van der Waals surface area contributed by atoms with Gasteiger partial charge in [-0.25, -0.2) is 13.1 Å². The molecule has 0 aliphatic carbocycles. The fourth-order valence-electron chi connectivity index (χ4n) is 4.28. The zero-order valence-electron chi connectivity index (χ0n) is 18.4. The maximum absolute atomic E-state index is 12.5. The van der Waals surface area contributed by atoms with Crippen molar-refractivity contribution < 1.29 is 13.2 Å². The normalized spacial score (nSPS) is 22.8. The van der Waals surface area contributed by atoms with Crippen molar-refractivity contribution in [2.75, 3.05) is 33.3 Å². The largest absolute Gasteiger partial charge is 0.377 e. The molecule has 0 amide bonds. The lowest BCUT2D eigenvalue weighted by molar-refractivity contribution is 0.114. The minimum atomic E-state index is -3.51. The van der Waals surface area contributed by atoms with Crippen molar-refractivity contribution in [2.24, 2.45) is 16.8 Å². The van der Waals surface area contributed by atoms with E-state index < -0.39 is 10.0 Å². The van der Waals surface area contributed by atoms with Gasteiger partial charge in [-0.3, -0.25) is 4.99 Å². The first-order valence-electron chi connectivity index (χ1n) is 11.0. The van der Waals surface area contributed by atoms with Gasteiger partial charge in [0.05, 0.1) is 11.0 Å². The highest BCUT2D eigenvalue weighted by molar-refractivity contribution is 7.89. The molecule has 7 nitrogen and oxygen atoms in total. The summed E-state index contributed by atoms with van der Waals surface area (Å²) in [5, 5.41) is 3.42. The molecule has 168 valence electrons. The number of hydrogen-bond donors (Lipinski definition) is 2. The number of likely N-dealkylation sites (tertiary alicyclic amines) is 1. The van der Waals surface area contributed by atoms with E-state index >= 15 is 0 Å². The summed E-state index contributed by atoms with van der Waals surface area (Å²) in [5.41, 5.74) is 1.02. The van der Waals surface area contributed by atoms with Crippen LogP contribution in [0.3, 0.4) is 0 Å². The van der Waals surface area contributed by atoms with Gasteiger partial charge in [0.2, 0.25) is 10.0 Å². The van der Waals surface area contributed by atoms with E-state index in [2.05, 4.69) is 33.8 Å². The molecular formula is C22H36N4O3S. The van der Waals surface area contributed by atoms with E-state index in [1.807, 2.05) is 19.2 Å². The third-order valence-corrected chi connectivity index (χ3v) is 7.25. The third-order valence-electron chi connectivity index (χ3n) is 5.81. The molecule has 2 heterocycles. The number of nitrogens with zero attached hydrogens (tertiary/aromatic N) is 2. The fourth-order valence-corrected chi connectivity index (χ4v) is 5.34. The Bertz CT molecular complexity index is 802. The van der Waals surface area contributed by atoms with Crippen LogP contribution in [0.4, 0.5) is 0 Å². The lowest BCUT2D eigenvalue weighted by atomic mass is 9.97. The van der Waals surface area contributed by atoms with Crippen LogP contribution in [0.15, 0.2) is 34.2 Å². The summed E-state index contributed by atoms with van der Waals surface area (Å²) in [6.07, 6.45) is 4.35. The molecule has 3 rings (SSSR count). The molecule has 0 saturated carbocycles. The number of ether oxygens (including phenoxy) is 1. The predicted molar refractivity (Wildman–Crippen MR) is 120 cm³/mol. The Kier molecular flexibility index (Phi) is 8.13. The molecule has 2 saturated heterocycles. The summed E-state index contributed by atoms with van der Waals surface area (Å²) in [4.78, 5) is 7.03. The number of sulfonamides is 1. The summed E-state index contributed by atoms with van der Waals surface area (Å²) in [7, 11) is -1.70. The van der Waals surface area contributed by atoms with Crippen LogP contribution in [0.5, 0.6) is 0 Å². The van der Waals surface area contributed by atoms with Crippen LogP contribution in [0, 0.1) is 11.8 Å². The van der Waals surface area contributed by atoms with E-state index in [0.717, 1.165) is 49.3 Å². The second-order valence-corrected chi connectivity index (χ2v) is 10.5. The number of aliphatic imine (C=N–C) groups is 1. The molecule has 2 aliphatic heterocycles. The van der Waals surface area contributed by atoms with Gasteiger partial charge in [0.1, 0.15) is 0 Å². The number of nitrogens with one attached hydrogen (secondary N) is 2. The highest BCUT2D eigenvalue weighted by atomic mass is 32.2. The van der Waals surface area contributed by atoms with Crippen LogP contribution in [0.1, 0.15) is 45.1 Å². The van der Waals surface area contributed by atoms with Crippen LogP contribution >= 0.6 is 0 Å². The molecule has 0 radical (unpaired) electrons. The van der Waals surface area contributed by atoms with Crippen molar-refractivity contribution in [1.29, 1.82) is 0 Å². The summed E-state index contributed by atoms with van der Waals surface area (Å²) in [6, 6.07) is 7.02. The molecule has 2 unspecified atom stereocenters. The van der Waals surface area contributed by atoms with Gasteiger partial charge in [0.25, 0.3) is 0 Å². The highest BCUT2D eigenvalue weighted by Crippen LogP contribution is 2.23. The molecule has 30 heavy (non-hydrogen) atoms. The second kappa shape index (κ2) is 10.6. The minimum absolute atomic E-state index is 0.0132. The lowest BCUT2D eigenvalue weighted by Gasteiger charge is -2.22. The molecule has 0 bridgehead atoms. The molecule has 2 aliphatic rings. The van der Waals surface area contributed by atoms with Gasteiger partial charge in [-0.05, 0) is 55.2 Å². The monoisotopic (exact) mass is 436 g/mol. The van der Waals surface area contributed by atoms with Gasteiger partial charge >= 0.3 is 0 Å². The standard InChI is InChI=1S/C22H36N4O3S/c1-17(2)13-19-10-11-26(16-19)22(23-3)24-14-18-6-8-21(9-7-18)30(27,28)25-15-20-5-4-12-29-20/h6-9,17,19-20,25H,4-5,10-16H2,1-3H3,(H,23,24). The van der Waals surface area contributed by atoms with E-state index in [9.17, 15) is 8.42 Å². The van der Waals surface area contributed by atoms with E-state index in [-0.39, 0.29) is 11.0 Å². The summed E-state index contributed by atoms with van der Waals surface area (Å²) in [6.45, 7) is 8.29. The van der Waals surface area contributed by atoms with Gasteiger partial charge in [-0.15, -0.1) is 0 Å². The van der Waals surface area contributed by atoms with Crippen LogP contribution in [0.25, 0.3) is 0 Å². The van der Waals surface area contributed by atoms with Gasteiger partial charge in [-0.2, -0.15) is 0 Å². The minimum Gasteiger partial charge on any atom is -0.377 e. The Balaban J connectivity index is 1.50.